The minimum Gasteiger partial charge on any atom is -0.485 e. The van der Waals surface area contributed by atoms with E-state index >= 15 is 0 Å². The Morgan fingerprint density at radius 3 is 2.82 bits per heavy atom. The van der Waals surface area contributed by atoms with Crippen molar-refractivity contribution in [1.29, 1.82) is 0 Å². The number of amidine groups is 1. The zero-order chi connectivity index (χ0) is 15.7. The molecule has 1 aliphatic rings. The van der Waals surface area contributed by atoms with Crippen LogP contribution in [0.1, 0.15) is 36.6 Å². The molecule has 0 aliphatic heterocycles. The van der Waals surface area contributed by atoms with Gasteiger partial charge in [-0.05, 0) is 43.5 Å². The monoisotopic (exact) mass is 294 g/mol. The topological polar surface area (TPSA) is 47.6 Å². The molecule has 3 heteroatoms. The van der Waals surface area contributed by atoms with E-state index in [1.807, 2.05) is 24.3 Å². The van der Waals surface area contributed by atoms with Gasteiger partial charge in [0.05, 0.1) is 11.5 Å². The number of rotatable bonds is 3. The standard InChI is InChI=1S/C19H22N2O/c1-12-7-8-15-10-13(2)19(18(15)9-12)22-17-6-4-5-16(11-17)21-14(3)20/h4-9,11,13,19H,10H2,1-3H3,(H2,20,21). The molecule has 0 saturated carbocycles. The number of hydrogen-bond donors (Lipinski definition) is 1. The minimum absolute atomic E-state index is 0.105. The van der Waals surface area contributed by atoms with E-state index in [0.717, 1.165) is 17.9 Å². The number of nitrogens with zero attached hydrogens (tertiary/aromatic N) is 1. The van der Waals surface area contributed by atoms with E-state index in [1.54, 1.807) is 6.92 Å². The van der Waals surface area contributed by atoms with Crippen LogP contribution < -0.4 is 10.5 Å². The van der Waals surface area contributed by atoms with Gasteiger partial charge < -0.3 is 10.5 Å². The van der Waals surface area contributed by atoms with Crippen molar-refractivity contribution in [2.24, 2.45) is 16.6 Å². The minimum atomic E-state index is 0.105. The molecule has 2 aromatic rings. The molecular weight excluding hydrogens is 272 g/mol. The largest absolute Gasteiger partial charge is 0.485 e. The predicted molar refractivity (Wildman–Crippen MR) is 90.8 cm³/mol. The lowest BCUT2D eigenvalue weighted by Crippen LogP contribution is -2.11. The molecule has 2 aromatic carbocycles. The van der Waals surface area contributed by atoms with Crippen molar-refractivity contribution in [3.05, 3.63) is 59.2 Å². The van der Waals surface area contributed by atoms with E-state index in [0.29, 0.717) is 11.8 Å². The average molecular weight is 294 g/mol. The van der Waals surface area contributed by atoms with Gasteiger partial charge in [-0.25, -0.2) is 4.99 Å². The van der Waals surface area contributed by atoms with E-state index in [1.165, 1.54) is 16.7 Å². The van der Waals surface area contributed by atoms with Gasteiger partial charge in [-0.1, -0.05) is 36.8 Å². The van der Waals surface area contributed by atoms with Gasteiger partial charge in [0.25, 0.3) is 0 Å². The summed E-state index contributed by atoms with van der Waals surface area (Å²) in [6.07, 6.45) is 1.17. The van der Waals surface area contributed by atoms with Gasteiger partial charge in [-0.3, -0.25) is 0 Å². The molecule has 0 bridgehead atoms. The van der Waals surface area contributed by atoms with Gasteiger partial charge >= 0.3 is 0 Å². The fourth-order valence-corrected chi connectivity index (χ4v) is 3.08. The van der Waals surface area contributed by atoms with Crippen molar-refractivity contribution in [1.82, 2.24) is 0 Å². The molecule has 0 fully saturated rings. The van der Waals surface area contributed by atoms with Crippen LogP contribution in [0.5, 0.6) is 5.75 Å². The molecule has 0 heterocycles. The maximum Gasteiger partial charge on any atom is 0.127 e. The van der Waals surface area contributed by atoms with E-state index in [4.69, 9.17) is 10.5 Å². The van der Waals surface area contributed by atoms with E-state index in [-0.39, 0.29) is 6.10 Å². The normalized spacial score (nSPS) is 20.8. The summed E-state index contributed by atoms with van der Waals surface area (Å²) < 4.78 is 6.28. The van der Waals surface area contributed by atoms with Crippen molar-refractivity contribution < 1.29 is 4.74 Å². The molecule has 0 spiro atoms. The van der Waals surface area contributed by atoms with E-state index in [2.05, 4.69) is 37.0 Å². The Morgan fingerprint density at radius 1 is 1.23 bits per heavy atom. The summed E-state index contributed by atoms with van der Waals surface area (Å²) in [4.78, 5) is 4.29. The van der Waals surface area contributed by atoms with Crippen LogP contribution in [0.25, 0.3) is 0 Å². The van der Waals surface area contributed by atoms with Gasteiger partial charge in [0.1, 0.15) is 11.9 Å². The van der Waals surface area contributed by atoms with Gasteiger partial charge in [-0.15, -0.1) is 0 Å². The fourth-order valence-electron chi connectivity index (χ4n) is 3.08. The van der Waals surface area contributed by atoms with Gasteiger partial charge in [0, 0.05) is 12.0 Å². The second-order valence-electron chi connectivity index (χ2n) is 6.17. The summed E-state index contributed by atoms with van der Waals surface area (Å²) in [5, 5.41) is 0. The number of aliphatic imine (C=N–C) groups is 1. The molecule has 2 unspecified atom stereocenters. The first-order valence-electron chi connectivity index (χ1n) is 7.70. The van der Waals surface area contributed by atoms with Crippen LogP contribution in [0.15, 0.2) is 47.5 Å². The SMILES string of the molecule is CC(N)=Nc1cccc(OC2c3cc(C)ccc3CC2C)c1. The highest BCUT2D eigenvalue weighted by molar-refractivity contribution is 5.80. The highest BCUT2D eigenvalue weighted by Crippen LogP contribution is 2.40. The number of hydrogen-bond acceptors (Lipinski definition) is 2. The van der Waals surface area contributed by atoms with Crippen molar-refractivity contribution in [2.75, 3.05) is 0 Å². The van der Waals surface area contributed by atoms with Crippen molar-refractivity contribution >= 4 is 11.5 Å². The first-order chi connectivity index (χ1) is 10.5. The predicted octanol–water partition coefficient (Wildman–Crippen LogP) is 4.32. The molecule has 3 rings (SSSR count). The third-order valence-electron chi connectivity index (χ3n) is 4.05. The maximum absolute atomic E-state index is 6.28. The third-order valence-corrected chi connectivity index (χ3v) is 4.05. The van der Waals surface area contributed by atoms with Crippen molar-refractivity contribution in [2.45, 2.75) is 33.3 Å². The molecule has 114 valence electrons. The molecule has 3 nitrogen and oxygen atoms in total. The zero-order valence-corrected chi connectivity index (χ0v) is 13.3. The summed E-state index contributed by atoms with van der Waals surface area (Å²) >= 11 is 0. The summed E-state index contributed by atoms with van der Waals surface area (Å²) in [6, 6.07) is 14.4. The molecule has 22 heavy (non-hydrogen) atoms. The number of fused-ring (bicyclic) bond motifs is 1. The summed E-state index contributed by atoms with van der Waals surface area (Å²) in [6.45, 7) is 6.15. The molecule has 1 aliphatic carbocycles. The van der Waals surface area contributed by atoms with Gasteiger partial charge in [0.2, 0.25) is 0 Å². The molecule has 0 saturated heterocycles. The lowest BCUT2D eigenvalue weighted by molar-refractivity contribution is 0.159. The Hall–Kier alpha value is -2.29. The first-order valence-corrected chi connectivity index (χ1v) is 7.70. The quantitative estimate of drug-likeness (QED) is 0.677. The first kappa shape index (κ1) is 14.6. The molecule has 2 atom stereocenters. The van der Waals surface area contributed by atoms with Crippen LogP contribution in [0, 0.1) is 12.8 Å². The Morgan fingerprint density at radius 2 is 2.05 bits per heavy atom. The summed E-state index contributed by atoms with van der Waals surface area (Å²) in [7, 11) is 0. The van der Waals surface area contributed by atoms with Crippen LogP contribution in [-0.4, -0.2) is 5.84 Å². The van der Waals surface area contributed by atoms with Crippen LogP contribution in [0.3, 0.4) is 0 Å². The molecular formula is C19H22N2O. The Kier molecular flexibility index (Phi) is 3.88. The van der Waals surface area contributed by atoms with Crippen LogP contribution in [0.4, 0.5) is 5.69 Å². The van der Waals surface area contributed by atoms with Gasteiger partial charge in [-0.2, -0.15) is 0 Å². The van der Waals surface area contributed by atoms with Crippen LogP contribution in [0.2, 0.25) is 0 Å². The lowest BCUT2D eigenvalue weighted by atomic mass is 10.0. The lowest BCUT2D eigenvalue weighted by Gasteiger charge is -2.19. The summed E-state index contributed by atoms with van der Waals surface area (Å²) in [5.74, 6) is 1.86. The second kappa shape index (κ2) is 5.84. The molecule has 0 aromatic heterocycles. The number of nitrogens with two attached hydrogens (primary N) is 1. The zero-order valence-electron chi connectivity index (χ0n) is 13.3. The van der Waals surface area contributed by atoms with Gasteiger partial charge in [0.15, 0.2) is 0 Å². The van der Waals surface area contributed by atoms with E-state index < -0.39 is 0 Å². The maximum atomic E-state index is 6.28. The second-order valence-corrected chi connectivity index (χ2v) is 6.17. The van der Waals surface area contributed by atoms with Crippen LogP contribution >= 0.6 is 0 Å². The fraction of sp³-hybridized carbons (Fsp3) is 0.316. The summed E-state index contributed by atoms with van der Waals surface area (Å²) in [5.41, 5.74) is 10.5. The highest BCUT2D eigenvalue weighted by Gasteiger charge is 2.31. The van der Waals surface area contributed by atoms with Crippen LogP contribution in [-0.2, 0) is 6.42 Å². The molecule has 0 amide bonds. The Bertz CT molecular complexity index is 717. The average Bonchev–Trinajstić information content (AvgIpc) is 2.75. The number of ether oxygens (including phenoxy) is 1. The Balaban J connectivity index is 1.88. The van der Waals surface area contributed by atoms with Crippen molar-refractivity contribution in [3.63, 3.8) is 0 Å². The smallest absolute Gasteiger partial charge is 0.127 e. The molecule has 2 N–H and O–H groups in total. The number of benzene rings is 2. The molecule has 0 radical (unpaired) electrons. The third kappa shape index (κ3) is 2.98. The Labute approximate surface area is 131 Å². The van der Waals surface area contributed by atoms with E-state index in [9.17, 15) is 0 Å². The number of aryl methyl sites for hydroxylation is 1. The highest BCUT2D eigenvalue weighted by atomic mass is 16.5. The van der Waals surface area contributed by atoms with Crippen molar-refractivity contribution in [3.8, 4) is 5.75 Å².